The molecule has 32 heavy (non-hydrogen) atoms. The number of hydrogen-bond acceptors (Lipinski definition) is 7. The van der Waals surface area contributed by atoms with E-state index < -0.39 is 11.6 Å². The molecule has 0 spiro atoms. The van der Waals surface area contributed by atoms with E-state index >= 15 is 0 Å². The van der Waals surface area contributed by atoms with Crippen molar-refractivity contribution in [3.63, 3.8) is 0 Å². The highest BCUT2D eigenvalue weighted by Gasteiger charge is 2.21. The summed E-state index contributed by atoms with van der Waals surface area (Å²) in [6.07, 6.45) is 5.37. The van der Waals surface area contributed by atoms with Gasteiger partial charge in [0.2, 0.25) is 5.82 Å². The maximum atomic E-state index is 15.0. The molecule has 1 aromatic carbocycles. The Labute approximate surface area is 184 Å². The molecular formula is C23H22F2N6O. The van der Waals surface area contributed by atoms with E-state index in [1.54, 1.807) is 24.4 Å². The van der Waals surface area contributed by atoms with Gasteiger partial charge in [0.05, 0.1) is 11.9 Å². The number of anilines is 3. The lowest BCUT2D eigenvalue weighted by Crippen LogP contribution is -2.43. The summed E-state index contributed by atoms with van der Waals surface area (Å²) in [4.78, 5) is 14.4. The fourth-order valence-electron chi connectivity index (χ4n) is 3.91. The van der Waals surface area contributed by atoms with Crippen molar-refractivity contribution in [3.8, 4) is 11.6 Å². The molecule has 0 atom stereocenters. The van der Waals surface area contributed by atoms with E-state index in [0.29, 0.717) is 17.8 Å². The average molecular weight is 436 g/mol. The summed E-state index contributed by atoms with van der Waals surface area (Å²) in [5, 5.41) is 6.15. The Morgan fingerprint density at radius 1 is 1.03 bits per heavy atom. The van der Waals surface area contributed by atoms with Crippen LogP contribution in [-0.4, -0.2) is 41.1 Å². The maximum Gasteiger partial charge on any atom is 0.261 e. The number of halogens is 2. The molecule has 5 rings (SSSR count). The molecule has 0 bridgehead atoms. The van der Waals surface area contributed by atoms with Crippen LogP contribution in [0, 0.1) is 11.6 Å². The Morgan fingerprint density at radius 3 is 2.66 bits per heavy atom. The third kappa shape index (κ3) is 3.99. The molecule has 7 nitrogen and oxygen atoms in total. The van der Waals surface area contributed by atoms with E-state index in [1.807, 2.05) is 13.0 Å². The van der Waals surface area contributed by atoms with Crippen molar-refractivity contribution in [3.05, 3.63) is 65.1 Å². The standard InChI is InChI=1S/C23H22F2N6O/c1-14-10-15-2-4-18(20(24)17(15)11-14)32-23-21(25)22(28-13-29-23)30-19-5-3-16(12-27-19)31-8-6-26-7-9-31/h2-5,11-13,26H,6-10H2,1H3,(H,27,28,29,30). The molecule has 1 aliphatic heterocycles. The molecule has 9 heteroatoms. The Morgan fingerprint density at radius 2 is 1.88 bits per heavy atom. The number of pyridine rings is 1. The zero-order valence-electron chi connectivity index (χ0n) is 17.5. The van der Waals surface area contributed by atoms with Crippen LogP contribution < -0.4 is 20.3 Å². The highest BCUT2D eigenvalue weighted by atomic mass is 19.1. The van der Waals surface area contributed by atoms with Gasteiger partial charge in [0.15, 0.2) is 17.4 Å². The van der Waals surface area contributed by atoms with Gasteiger partial charge in [-0.3, -0.25) is 0 Å². The van der Waals surface area contributed by atoms with Crippen LogP contribution in [0.4, 0.5) is 26.1 Å². The number of nitrogens with zero attached hydrogens (tertiary/aromatic N) is 4. The molecule has 2 N–H and O–H groups in total. The zero-order valence-corrected chi connectivity index (χ0v) is 17.5. The zero-order chi connectivity index (χ0) is 22.1. The predicted octanol–water partition coefficient (Wildman–Crippen LogP) is 4.05. The largest absolute Gasteiger partial charge is 0.433 e. The number of ether oxygens (including phenoxy) is 1. The summed E-state index contributed by atoms with van der Waals surface area (Å²) in [5.41, 5.74) is 3.42. The Balaban J connectivity index is 1.34. The molecule has 0 radical (unpaired) electrons. The van der Waals surface area contributed by atoms with E-state index in [4.69, 9.17) is 4.74 Å². The van der Waals surface area contributed by atoms with Crippen LogP contribution in [0.15, 0.2) is 42.4 Å². The second kappa shape index (κ2) is 8.51. The number of piperazine rings is 1. The van der Waals surface area contributed by atoms with Crippen LogP contribution in [0.3, 0.4) is 0 Å². The molecule has 0 unspecified atom stereocenters. The second-order valence-corrected chi connectivity index (χ2v) is 7.83. The fourth-order valence-corrected chi connectivity index (χ4v) is 3.91. The fraction of sp³-hybridized carbons (Fsp3) is 0.261. The summed E-state index contributed by atoms with van der Waals surface area (Å²) < 4.78 is 35.3. The molecule has 3 aromatic rings. The number of fused-ring (bicyclic) bond motifs is 1. The SMILES string of the molecule is CC1=Cc2c(ccc(Oc3ncnc(Nc4ccc(N5CCNCC5)cn4)c3F)c2F)C1. The molecule has 3 heterocycles. The molecule has 2 aromatic heterocycles. The van der Waals surface area contributed by atoms with Crippen molar-refractivity contribution in [1.29, 1.82) is 0 Å². The van der Waals surface area contributed by atoms with E-state index in [0.717, 1.165) is 49.3 Å². The lowest BCUT2D eigenvalue weighted by molar-refractivity contribution is 0.397. The topological polar surface area (TPSA) is 75.2 Å². The average Bonchev–Trinajstić information content (AvgIpc) is 3.20. The number of aromatic nitrogens is 3. The summed E-state index contributed by atoms with van der Waals surface area (Å²) in [6.45, 7) is 5.60. The summed E-state index contributed by atoms with van der Waals surface area (Å²) in [6, 6.07) is 6.95. The van der Waals surface area contributed by atoms with Crippen molar-refractivity contribution in [1.82, 2.24) is 20.3 Å². The van der Waals surface area contributed by atoms with Gasteiger partial charge in [-0.05, 0) is 37.1 Å². The first-order valence-electron chi connectivity index (χ1n) is 10.4. The van der Waals surface area contributed by atoms with E-state index in [1.165, 1.54) is 6.07 Å². The summed E-state index contributed by atoms with van der Waals surface area (Å²) in [5.74, 6) is -1.48. The molecule has 2 aliphatic rings. The lowest BCUT2D eigenvalue weighted by atomic mass is 10.1. The molecule has 1 aliphatic carbocycles. The van der Waals surface area contributed by atoms with Crippen molar-refractivity contribution in [2.45, 2.75) is 13.3 Å². The highest BCUT2D eigenvalue weighted by molar-refractivity contribution is 5.66. The first-order chi connectivity index (χ1) is 15.6. The highest BCUT2D eigenvalue weighted by Crippen LogP contribution is 2.35. The number of allylic oxidation sites excluding steroid dienone is 1. The van der Waals surface area contributed by atoms with Gasteiger partial charge in [0, 0.05) is 31.7 Å². The first kappa shape index (κ1) is 20.3. The Kier molecular flexibility index (Phi) is 5.40. The van der Waals surface area contributed by atoms with E-state index in [-0.39, 0.29) is 17.4 Å². The van der Waals surface area contributed by atoms with Gasteiger partial charge < -0.3 is 20.3 Å². The Bertz CT molecular complexity index is 1180. The van der Waals surface area contributed by atoms with Crippen LogP contribution in [0.1, 0.15) is 18.1 Å². The number of rotatable bonds is 5. The van der Waals surface area contributed by atoms with Gasteiger partial charge >= 0.3 is 0 Å². The number of benzene rings is 1. The van der Waals surface area contributed by atoms with Gasteiger partial charge in [-0.25, -0.2) is 14.4 Å². The van der Waals surface area contributed by atoms with Gasteiger partial charge in [0.25, 0.3) is 5.88 Å². The molecule has 0 saturated carbocycles. The monoisotopic (exact) mass is 436 g/mol. The first-order valence-corrected chi connectivity index (χ1v) is 10.4. The van der Waals surface area contributed by atoms with Gasteiger partial charge in [-0.2, -0.15) is 9.37 Å². The second-order valence-electron chi connectivity index (χ2n) is 7.83. The van der Waals surface area contributed by atoms with Crippen LogP contribution in [0.2, 0.25) is 0 Å². The summed E-state index contributed by atoms with van der Waals surface area (Å²) in [7, 11) is 0. The Hall–Kier alpha value is -3.59. The van der Waals surface area contributed by atoms with Gasteiger partial charge in [-0.1, -0.05) is 17.7 Å². The number of nitrogens with one attached hydrogen (secondary N) is 2. The molecular weight excluding hydrogens is 414 g/mol. The molecule has 0 amide bonds. The van der Waals surface area contributed by atoms with E-state index in [2.05, 4.69) is 30.5 Å². The van der Waals surface area contributed by atoms with Gasteiger partial charge in [-0.15, -0.1) is 0 Å². The van der Waals surface area contributed by atoms with Crippen molar-refractivity contribution in [2.24, 2.45) is 0 Å². The molecule has 164 valence electrons. The third-order valence-electron chi connectivity index (χ3n) is 5.54. The lowest BCUT2D eigenvalue weighted by Gasteiger charge is -2.29. The minimum atomic E-state index is -0.827. The van der Waals surface area contributed by atoms with E-state index in [9.17, 15) is 8.78 Å². The minimum absolute atomic E-state index is 0.0863. The van der Waals surface area contributed by atoms with Crippen LogP contribution >= 0.6 is 0 Å². The van der Waals surface area contributed by atoms with Crippen molar-refractivity contribution < 1.29 is 13.5 Å². The summed E-state index contributed by atoms with van der Waals surface area (Å²) >= 11 is 0. The van der Waals surface area contributed by atoms with Gasteiger partial charge in [0.1, 0.15) is 12.1 Å². The molecule has 1 saturated heterocycles. The smallest absolute Gasteiger partial charge is 0.261 e. The normalized spacial score (nSPS) is 15.3. The predicted molar refractivity (Wildman–Crippen MR) is 118 cm³/mol. The minimum Gasteiger partial charge on any atom is -0.433 e. The number of hydrogen-bond donors (Lipinski definition) is 2. The quantitative estimate of drug-likeness (QED) is 0.625. The van der Waals surface area contributed by atoms with Crippen LogP contribution in [-0.2, 0) is 6.42 Å². The molecule has 1 fully saturated rings. The van der Waals surface area contributed by atoms with Crippen molar-refractivity contribution >= 4 is 23.4 Å². The van der Waals surface area contributed by atoms with Crippen LogP contribution in [0.5, 0.6) is 11.6 Å². The maximum absolute atomic E-state index is 15.0. The van der Waals surface area contributed by atoms with Crippen LogP contribution in [0.25, 0.3) is 6.08 Å². The van der Waals surface area contributed by atoms with Crippen molar-refractivity contribution in [2.75, 3.05) is 36.4 Å². The third-order valence-corrected chi connectivity index (χ3v) is 5.54.